The summed E-state index contributed by atoms with van der Waals surface area (Å²) < 4.78 is 13.1. The van der Waals surface area contributed by atoms with Gasteiger partial charge in [0.15, 0.2) is 0 Å². The first kappa shape index (κ1) is 19.1. The van der Waals surface area contributed by atoms with Crippen molar-refractivity contribution in [2.45, 2.75) is 31.7 Å². The Balaban J connectivity index is 1.37. The van der Waals surface area contributed by atoms with Gasteiger partial charge in [-0.05, 0) is 80.2 Å². The number of carbonyl (C=O) groups excluding carboxylic acids is 2. The van der Waals surface area contributed by atoms with Gasteiger partial charge in [-0.15, -0.1) is 0 Å². The molecule has 0 radical (unpaired) electrons. The molecule has 2 amide bonds. The Morgan fingerprint density at radius 1 is 0.964 bits per heavy atom. The van der Waals surface area contributed by atoms with Crippen LogP contribution in [-0.2, 0) is 16.0 Å². The van der Waals surface area contributed by atoms with Crippen molar-refractivity contribution >= 4 is 29.1 Å². The molecule has 0 N–H and O–H groups in total. The molecular formula is C22H22ClFN2O2. The molecule has 4 nitrogen and oxygen atoms in total. The van der Waals surface area contributed by atoms with Crippen LogP contribution in [0.3, 0.4) is 0 Å². The first-order chi connectivity index (χ1) is 13.5. The molecule has 0 aromatic heterocycles. The minimum Gasteiger partial charge on any atom is -0.292 e. The van der Waals surface area contributed by atoms with E-state index in [0.29, 0.717) is 11.6 Å². The first-order valence-corrected chi connectivity index (χ1v) is 10.00. The fraction of sp³-hybridized carbons (Fsp3) is 0.364. The van der Waals surface area contributed by atoms with Crippen molar-refractivity contribution in [3.63, 3.8) is 0 Å². The third-order valence-electron chi connectivity index (χ3n) is 5.74. The third-order valence-corrected chi connectivity index (χ3v) is 5.99. The van der Waals surface area contributed by atoms with Crippen molar-refractivity contribution in [1.82, 2.24) is 4.90 Å². The van der Waals surface area contributed by atoms with Gasteiger partial charge in [0.2, 0.25) is 5.91 Å². The molecule has 0 aliphatic carbocycles. The lowest BCUT2D eigenvalue weighted by Crippen LogP contribution is -2.46. The number of hydrogen-bond donors (Lipinski definition) is 0. The zero-order valence-corrected chi connectivity index (χ0v) is 16.2. The molecule has 28 heavy (non-hydrogen) atoms. The summed E-state index contributed by atoms with van der Waals surface area (Å²) in [5.74, 6) is -0.238. The summed E-state index contributed by atoms with van der Waals surface area (Å²) in [4.78, 5) is 28.6. The molecule has 6 heteroatoms. The molecule has 2 aromatic rings. The zero-order chi connectivity index (χ0) is 19.7. The van der Waals surface area contributed by atoms with Crippen LogP contribution in [0.5, 0.6) is 0 Å². The highest BCUT2D eigenvalue weighted by Gasteiger charge is 2.43. The highest BCUT2D eigenvalue weighted by molar-refractivity contribution is 6.30. The van der Waals surface area contributed by atoms with Gasteiger partial charge in [0.1, 0.15) is 5.82 Å². The molecule has 146 valence electrons. The van der Waals surface area contributed by atoms with Crippen LogP contribution in [0, 0.1) is 11.7 Å². The quantitative estimate of drug-likeness (QED) is 0.726. The monoisotopic (exact) mass is 400 g/mol. The number of benzene rings is 2. The second-order valence-corrected chi connectivity index (χ2v) is 8.01. The van der Waals surface area contributed by atoms with Gasteiger partial charge in [-0.1, -0.05) is 23.7 Å². The summed E-state index contributed by atoms with van der Waals surface area (Å²) in [6, 6.07) is 13.0. The molecule has 0 spiro atoms. The van der Waals surface area contributed by atoms with Crippen molar-refractivity contribution in [1.29, 1.82) is 0 Å². The van der Waals surface area contributed by atoms with Gasteiger partial charge in [-0.2, -0.15) is 0 Å². The van der Waals surface area contributed by atoms with Crippen molar-refractivity contribution < 1.29 is 14.0 Å². The van der Waals surface area contributed by atoms with Gasteiger partial charge in [-0.3, -0.25) is 14.5 Å². The molecule has 2 aromatic carbocycles. The SMILES string of the molecule is O=C1C[C@@H](N2CCC(Cc3ccc(Cl)cc3)CC2)C(=O)N1c1ccc(F)cc1. The predicted molar refractivity (Wildman–Crippen MR) is 107 cm³/mol. The van der Waals surface area contributed by atoms with Crippen LogP contribution >= 0.6 is 11.6 Å². The number of imide groups is 1. The van der Waals surface area contributed by atoms with E-state index in [1.807, 2.05) is 12.1 Å². The largest absolute Gasteiger partial charge is 0.292 e. The minimum atomic E-state index is -0.408. The number of rotatable bonds is 4. The van der Waals surface area contributed by atoms with Crippen LogP contribution in [-0.4, -0.2) is 35.8 Å². The molecule has 2 aliphatic rings. The number of anilines is 1. The maximum absolute atomic E-state index is 13.1. The van der Waals surface area contributed by atoms with Crippen LogP contribution < -0.4 is 4.90 Å². The number of carbonyl (C=O) groups is 2. The molecule has 2 saturated heterocycles. The van der Waals surface area contributed by atoms with Gasteiger partial charge < -0.3 is 0 Å². The maximum Gasteiger partial charge on any atom is 0.251 e. The number of nitrogens with zero attached hydrogens (tertiary/aromatic N) is 2. The molecule has 0 bridgehead atoms. The Bertz CT molecular complexity index is 861. The Labute approximate surface area is 168 Å². The van der Waals surface area contributed by atoms with Crippen molar-refractivity contribution in [3.8, 4) is 0 Å². The fourth-order valence-corrected chi connectivity index (χ4v) is 4.31. The lowest BCUT2D eigenvalue weighted by Gasteiger charge is -2.34. The number of amides is 2. The molecule has 1 atom stereocenters. The first-order valence-electron chi connectivity index (χ1n) is 9.62. The van der Waals surface area contributed by atoms with E-state index in [1.54, 1.807) is 0 Å². The third kappa shape index (κ3) is 3.96. The molecule has 4 rings (SSSR count). The molecular weight excluding hydrogens is 379 g/mol. The van der Waals surface area contributed by atoms with E-state index in [0.717, 1.165) is 37.4 Å². The number of hydrogen-bond acceptors (Lipinski definition) is 3. The van der Waals surface area contributed by atoms with Crippen LogP contribution in [0.2, 0.25) is 5.02 Å². The van der Waals surface area contributed by atoms with Gasteiger partial charge in [-0.25, -0.2) is 9.29 Å². The number of piperidine rings is 1. The predicted octanol–water partition coefficient (Wildman–Crippen LogP) is 4.07. The smallest absolute Gasteiger partial charge is 0.251 e. The Kier molecular flexibility index (Phi) is 5.47. The Morgan fingerprint density at radius 2 is 1.61 bits per heavy atom. The van der Waals surface area contributed by atoms with Crippen LogP contribution in [0.25, 0.3) is 0 Å². The minimum absolute atomic E-state index is 0.193. The maximum atomic E-state index is 13.1. The van der Waals surface area contributed by atoms with E-state index in [9.17, 15) is 14.0 Å². The van der Waals surface area contributed by atoms with E-state index in [2.05, 4.69) is 17.0 Å². The van der Waals surface area contributed by atoms with E-state index >= 15 is 0 Å². The van der Waals surface area contributed by atoms with Gasteiger partial charge in [0.25, 0.3) is 5.91 Å². The molecule has 0 saturated carbocycles. The van der Waals surface area contributed by atoms with Gasteiger partial charge in [0, 0.05) is 5.02 Å². The summed E-state index contributed by atoms with van der Waals surface area (Å²) in [5.41, 5.74) is 1.72. The summed E-state index contributed by atoms with van der Waals surface area (Å²) in [6.07, 6.45) is 3.19. The standard InChI is InChI=1S/C22H22ClFN2O2/c23-17-3-1-15(2-4-17)13-16-9-11-25(12-10-16)20-14-21(27)26(22(20)28)19-7-5-18(24)6-8-19/h1-8,16,20H,9-14H2/t20-/m1/s1. The van der Waals surface area contributed by atoms with Crippen LogP contribution in [0.15, 0.2) is 48.5 Å². The molecule has 2 fully saturated rings. The highest BCUT2D eigenvalue weighted by atomic mass is 35.5. The summed E-state index contributed by atoms with van der Waals surface area (Å²) >= 11 is 5.95. The van der Waals surface area contributed by atoms with Crippen molar-refractivity contribution in [2.75, 3.05) is 18.0 Å². The normalized spacial score (nSPS) is 21.5. The summed E-state index contributed by atoms with van der Waals surface area (Å²) in [6.45, 7) is 1.61. The molecule has 2 heterocycles. The van der Waals surface area contributed by atoms with Crippen LogP contribution in [0.1, 0.15) is 24.8 Å². The zero-order valence-electron chi connectivity index (χ0n) is 15.5. The Hall–Kier alpha value is -2.24. The van der Waals surface area contributed by atoms with E-state index in [-0.39, 0.29) is 24.1 Å². The Morgan fingerprint density at radius 3 is 2.25 bits per heavy atom. The van der Waals surface area contributed by atoms with Crippen LogP contribution in [0.4, 0.5) is 10.1 Å². The van der Waals surface area contributed by atoms with E-state index in [4.69, 9.17) is 11.6 Å². The average molecular weight is 401 g/mol. The van der Waals surface area contributed by atoms with Crippen molar-refractivity contribution in [3.05, 3.63) is 64.9 Å². The molecule has 2 aliphatic heterocycles. The average Bonchev–Trinajstić information content (AvgIpc) is 2.99. The van der Waals surface area contributed by atoms with E-state index in [1.165, 1.54) is 34.7 Å². The summed E-state index contributed by atoms with van der Waals surface area (Å²) in [5, 5.41) is 0.744. The topological polar surface area (TPSA) is 40.6 Å². The second-order valence-electron chi connectivity index (χ2n) is 7.57. The lowest BCUT2D eigenvalue weighted by atomic mass is 9.89. The van der Waals surface area contributed by atoms with Crippen molar-refractivity contribution in [2.24, 2.45) is 5.92 Å². The highest BCUT2D eigenvalue weighted by Crippen LogP contribution is 2.30. The second kappa shape index (κ2) is 8.02. The summed E-state index contributed by atoms with van der Waals surface area (Å²) in [7, 11) is 0. The van der Waals surface area contributed by atoms with Gasteiger partial charge in [0.05, 0.1) is 18.2 Å². The number of halogens is 2. The van der Waals surface area contributed by atoms with E-state index < -0.39 is 6.04 Å². The number of likely N-dealkylation sites (tertiary alicyclic amines) is 1. The fourth-order valence-electron chi connectivity index (χ4n) is 4.19. The lowest BCUT2D eigenvalue weighted by molar-refractivity contribution is -0.123. The van der Waals surface area contributed by atoms with Gasteiger partial charge >= 0.3 is 0 Å². The molecule has 0 unspecified atom stereocenters.